The summed E-state index contributed by atoms with van der Waals surface area (Å²) in [6, 6.07) is 0. The van der Waals surface area contributed by atoms with Gasteiger partial charge in [0, 0.05) is 13.5 Å². The number of H-pyrrole nitrogens is 1. The number of carbonyl (C=O) groups is 1. The molecule has 1 N–H and O–H groups in total. The second-order valence-electron chi connectivity index (χ2n) is 6.06. The van der Waals surface area contributed by atoms with Crippen molar-refractivity contribution in [3.8, 4) is 0 Å². The third-order valence-electron chi connectivity index (χ3n) is 3.41. The van der Waals surface area contributed by atoms with Crippen molar-refractivity contribution in [1.29, 1.82) is 0 Å². The van der Waals surface area contributed by atoms with Gasteiger partial charge in [-0.05, 0) is 18.3 Å². The first-order valence-electron chi connectivity index (χ1n) is 6.32. The van der Waals surface area contributed by atoms with Crippen LogP contribution in [-0.4, -0.2) is 33.0 Å². The summed E-state index contributed by atoms with van der Waals surface area (Å²) in [4.78, 5) is 18.0. The van der Waals surface area contributed by atoms with Crippen molar-refractivity contribution in [1.82, 2.24) is 20.1 Å². The van der Waals surface area contributed by atoms with Crippen LogP contribution in [0.4, 0.5) is 0 Å². The maximum atomic E-state index is 12.1. The molecule has 0 aliphatic rings. The summed E-state index contributed by atoms with van der Waals surface area (Å²) in [5, 5.41) is 6.81. The van der Waals surface area contributed by atoms with Crippen LogP contribution in [0.25, 0.3) is 0 Å². The molecule has 0 aliphatic heterocycles. The number of aromatic nitrogens is 3. The molecule has 1 heterocycles. The van der Waals surface area contributed by atoms with Crippen molar-refractivity contribution in [2.45, 2.75) is 47.6 Å². The zero-order valence-corrected chi connectivity index (χ0v) is 12.2. The summed E-state index contributed by atoms with van der Waals surface area (Å²) in [5.74, 6) is 1.92. The Labute approximate surface area is 109 Å². The molecule has 0 fully saturated rings. The Bertz CT molecular complexity index is 405. The predicted molar refractivity (Wildman–Crippen MR) is 70.8 cm³/mol. The van der Waals surface area contributed by atoms with Crippen molar-refractivity contribution in [3.05, 3.63) is 11.6 Å². The maximum Gasteiger partial charge on any atom is 0.223 e. The van der Waals surface area contributed by atoms with Crippen LogP contribution in [0.3, 0.4) is 0 Å². The Morgan fingerprint density at radius 1 is 1.44 bits per heavy atom. The Morgan fingerprint density at radius 2 is 2.06 bits per heavy atom. The molecule has 5 nitrogen and oxygen atoms in total. The number of nitrogens with zero attached hydrogens (tertiary/aromatic N) is 3. The molecule has 1 atom stereocenters. The summed E-state index contributed by atoms with van der Waals surface area (Å²) in [7, 11) is 1.80. The van der Waals surface area contributed by atoms with Gasteiger partial charge in [-0.1, -0.05) is 27.7 Å². The Balaban J connectivity index is 2.52. The van der Waals surface area contributed by atoms with Crippen molar-refractivity contribution in [2.24, 2.45) is 11.3 Å². The lowest BCUT2D eigenvalue weighted by Crippen LogP contribution is -2.31. The quantitative estimate of drug-likeness (QED) is 0.893. The molecular weight excluding hydrogens is 228 g/mol. The minimum atomic E-state index is 0.139. The van der Waals surface area contributed by atoms with E-state index in [0.29, 0.717) is 24.7 Å². The fraction of sp³-hybridized carbons (Fsp3) is 0.769. The Hall–Kier alpha value is -1.39. The molecule has 0 saturated carbocycles. The molecular formula is C13H24N4O. The molecule has 18 heavy (non-hydrogen) atoms. The zero-order valence-electron chi connectivity index (χ0n) is 12.2. The van der Waals surface area contributed by atoms with E-state index >= 15 is 0 Å². The van der Waals surface area contributed by atoms with Gasteiger partial charge in [-0.15, -0.1) is 0 Å². The first kappa shape index (κ1) is 14.7. The fourth-order valence-electron chi connectivity index (χ4n) is 1.48. The smallest absolute Gasteiger partial charge is 0.223 e. The van der Waals surface area contributed by atoms with Crippen LogP contribution >= 0.6 is 0 Å². The molecule has 5 heteroatoms. The van der Waals surface area contributed by atoms with E-state index in [4.69, 9.17) is 0 Å². The van der Waals surface area contributed by atoms with Crippen molar-refractivity contribution in [3.63, 3.8) is 0 Å². The highest BCUT2D eigenvalue weighted by atomic mass is 16.2. The SMILES string of the molecule is Cc1nc(CN(C)C(=O)CC(C)C(C)(C)C)n[nH]1. The highest BCUT2D eigenvalue weighted by Crippen LogP contribution is 2.28. The number of hydrogen-bond acceptors (Lipinski definition) is 3. The molecule has 0 aliphatic carbocycles. The van der Waals surface area contributed by atoms with Crippen LogP contribution in [0.5, 0.6) is 0 Å². The fourth-order valence-corrected chi connectivity index (χ4v) is 1.48. The average molecular weight is 252 g/mol. The summed E-state index contributed by atoms with van der Waals surface area (Å²) in [6.45, 7) is 10.9. The van der Waals surface area contributed by atoms with Crippen LogP contribution in [-0.2, 0) is 11.3 Å². The maximum absolute atomic E-state index is 12.1. The first-order chi connectivity index (χ1) is 8.20. The van der Waals surface area contributed by atoms with Crippen LogP contribution in [0.15, 0.2) is 0 Å². The zero-order chi connectivity index (χ0) is 13.9. The summed E-state index contributed by atoms with van der Waals surface area (Å²) < 4.78 is 0. The molecule has 1 aromatic heterocycles. The highest BCUT2D eigenvalue weighted by Gasteiger charge is 2.24. The third-order valence-corrected chi connectivity index (χ3v) is 3.41. The first-order valence-corrected chi connectivity index (χ1v) is 6.32. The number of nitrogens with one attached hydrogen (secondary N) is 1. The molecule has 0 spiro atoms. The molecule has 1 amide bonds. The Kier molecular flexibility index (Phi) is 4.48. The van der Waals surface area contributed by atoms with Gasteiger partial charge >= 0.3 is 0 Å². The molecule has 0 radical (unpaired) electrons. The molecule has 0 aromatic carbocycles. The largest absolute Gasteiger partial charge is 0.338 e. The molecule has 1 rings (SSSR count). The number of aromatic amines is 1. The van der Waals surface area contributed by atoms with Gasteiger partial charge in [0.2, 0.25) is 5.91 Å². The second-order valence-corrected chi connectivity index (χ2v) is 6.06. The van der Waals surface area contributed by atoms with Crippen LogP contribution in [0.2, 0.25) is 0 Å². The standard InChI is InChI=1S/C13H24N4O/c1-9(13(3,4)5)7-12(18)17(6)8-11-14-10(2)15-16-11/h9H,7-8H2,1-6H3,(H,14,15,16). The number of hydrogen-bond donors (Lipinski definition) is 1. The lowest BCUT2D eigenvalue weighted by atomic mass is 9.80. The minimum absolute atomic E-state index is 0.139. The van der Waals surface area contributed by atoms with Gasteiger partial charge in [0.1, 0.15) is 5.82 Å². The monoisotopic (exact) mass is 252 g/mol. The van der Waals surface area contributed by atoms with Gasteiger partial charge in [0.25, 0.3) is 0 Å². The summed E-state index contributed by atoms with van der Waals surface area (Å²) >= 11 is 0. The van der Waals surface area contributed by atoms with Gasteiger partial charge in [0.15, 0.2) is 5.82 Å². The van der Waals surface area contributed by atoms with Gasteiger partial charge in [-0.2, -0.15) is 5.10 Å². The lowest BCUT2D eigenvalue weighted by Gasteiger charge is -2.28. The van der Waals surface area contributed by atoms with E-state index in [0.717, 1.165) is 5.82 Å². The third kappa shape index (κ3) is 4.13. The average Bonchev–Trinajstić information content (AvgIpc) is 2.62. The van der Waals surface area contributed by atoms with Gasteiger partial charge < -0.3 is 4.90 Å². The minimum Gasteiger partial charge on any atom is -0.338 e. The van der Waals surface area contributed by atoms with Crippen LogP contribution in [0.1, 0.15) is 45.8 Å². The van der Waals surface area contributed by atoms with Crippen LogP contribution in [0, 0.1) is 18.3 Å². The van der Waals surface area contributed by atoms with E-state index in [-0.39, 0.29) is 11.3 Å². The lowest BCUT2D eigenvalue weighted by molar-refractivity contribution is -0.132. The second kappa shape index (κ2) is 5.50. The summed E-state index contributed by atoms with van der Waals surface area (Å²) in [5.41, 5.74) is 0.150. The number of carbonyl (C=O) groups excluding carboxylic acids is 1. The van der Waals surface area contributed by atoms with Gasteiger partial charge in [0.05, 0.1) is 6.54 Å². The van der Waals surface area contributed by atoms with Gasteiger partial charge in [-0.25, -0.2) is 4.98 Å². The highest BCUT2D eigenvalue weighted by molar-refractivity contribution is 5.76. The van der Waals surface area contributed by atoms with E-state index in [1.165, 1.54) is 0 Å². The van der Waals surface area contributed by atoms with Gasteiger partial charge in [-0.3, -0.25) is 9.89 Å². The van der Waals surface area contributed by atoms with Crippen molar-refractivity contribution >= 4 is 5.91 Å². The Morgan fingerprint density at radius 3 is 2.50 bits per heavy atom. The van der Waals surface area contributed by atoms with E-state index in [1.807, 2.05) is 6.92 Å². The molecule has 1 aromatic rings. The molecule has 102 valence electrons. The molecule has 0 bridgehead atoms. The van der Waals surface area contributed by atoms with E-state index < -0.39 is 0 Å². The molecule has 0 saturated heterocycles. The topological polar surface area (TPSA) is 61.9 Å². The molecule has 1 unspecified atom stereocenters. The van der Waals surface area contributed by atoms with Crippen molar-refractivity contribution in [2.75, 3.05) is 7.05 Å². The number of aryl methyl sites for hydroxylation is 1. The van der Waals surface area contributed by atoms with Crippen LogP contribution < -0.4 is 0 Å². The van der Waals surface area contributed by atoms with E-state index in [9.17, 15) is 4.79 Å². The summed E-state index contributed by atoms with van der Waals surface area (Å²) in [6.07, 6.45) is 0.559. The van der Waals surface area contributed by atoms with Crippen molar-refractivity contribution < 1.29 is 4.79 Å². The predicted octanol–water partition coefficient (Wildman–Crippen LogP) is 2.14. The van der Waals surface area contributed by atoms with E-state index in [2.05, 4.69) is 42.9 Å². The number of amides is 1. The number of rotatable bonds is 4. The normalized spacial score (nSPS) is 13.4. The van der Waals surface area contributed by atoms with E-state index in [1.54, 1.807) is 11.9 Å².